The summed E-state index contributed by atoms with van der Waals surface area (Å²) in [5, 5.41) is 14.2. The molecule has 0 unspecified atom stereocenters. The Morgan fingerprint density at radius 3 is 1.03 bits per heavy atom. The molecule has 0 aliphatic rings. The van der Waals surface area contributed by atoms with Crippen LogP contribution in [0.2, 0.25) is 0 Å². The van der Waals surface area contributed by atoms with Gasteiger partial charge in [-0.1, -0.05) is 243 Å². The van der Waals surface area contributed by atoms with Gasteiger partial charge in [0, 0.05) is 53.4 Å². The van der Waals surface area contributed by atoms with E-state index in [4.69, 9.17) is 9.97 Å². The summed E-state index contributed by atoms with van der Waals surface area (Å²) < 4.78 is 34.3. The highest BCUT2D eigenvalue weighted by molar-refractivity contribution is 7.85. The van der Waals surface area contributed by atoms with Crippen molar-refractivity contribution in [2.24, 2.45) is 0 Å². The van der Waals surface area contributed by atoms with E-state index >= 15 is 0 Å². The molecule has 6 nitrogen and oxygen atoms in total. The van der Waals surface area contributed by atoms with Crippen LogP contribution >= 0.6 is 14.3 Å². The van der Waals surface area contributed by atoms with Gasteiger partial charge in [-0.2, -0.15) is 0 Å². The molecule has 0 radical (unpaired) electrons. The van der Waals surface area contributed by atoms with Crippen LogP contribution in [0.3, 0.4) is 0 Å². The second-order valence-electron chi connectivity index (χ2n) is 21.9. The molecule has 4 heterocycles. The first-order valence-electron chi connectivity index (χ1n) is 28.9. The smallest absolute Gasteiger partial charge is 0.171 e. The van der Waals surface area contributed by atoms with Crippen LogP contribution < -0.4 is 31.8 Å². The van der Waals surface area contributed by atoms with E-state index in [1.54, 1.807) is 0 Å². The van der Waals surface area contributed by atoms with Gasteiger partial charge < -0.3 is 9.13 Å². The van der Waals surface area contributed by atoms with Crippen molar-refractivity contribution in [2.75, 3.05) is 0 Å². The fourth-order valence-corrected chi connectivity index (χ4v) is 18.2. The first kappa shape index (κ1) is 51.2. The average molecular weight is 1140 g/mol. The number of fused-ring (bicyclic) bond motifs is 17. The monoisotopic (exact) mass is 1140 g/mol. The zero-order valence-electron chi connectivity index (χ0n) is 46.5. The zero-order valence-corrected chi connectivity index (χ0v) is 48.3. The molecule has 0 aliphatic carbocycles. The van der Waals surface area contributed by atoms with Gasteiger partial charge in [0.15, 0.2) is 14.3 Å². The lowest BCUT2D eigenvalue weighted by molar-refractivity contribution is 0.591. The SMILES string of the molecule is O=P(c1ccccc1)(c1ccccc1)c1ccc(-c2ccc3c(c2)c2ccccc2n2c4ccccc4nc32)cc1.O=P(c1ccccc1)(c1ccccc1)c1ccc2cc(-c3ccc4c(c3)c3ccccc3n3c5ccccc5nc43)ccc2c1. The average Bonchev–Trinajstić information content (AvgIpc) is 1.59. The van der Waals surface area contributed by atoms with E-state index in [1.807, 2.05) is 152 Å². The predicted octanol–water partition coefficient (Wildman–Crippen LogP) is 17.4. The van der Waals surface area contributed by atoms with Crippen molar-refractivity contribution >= 4 is 134 Å². The molecule has 0 saturated heterocycles. The Morgan fingerprint density at radius 2 is 0.558 bits per heavy atom. The van der Waals surface area contributed by atoms with Crippen LogP contribution in [0.25, 0.3) is 110 Å². The van der Waals surface area contributed by atoms with Crippen LogP contribution in [0, 0.1) is 0 Å². The van der Waals surface area contributed by atoms with Crippen LogP contribution in [0.1, 0.15) is 0 Å². The van der Waals surface area contributed by atoms with Gasteiger partial charge in [-0.05, 0) is 117 Å². The summed E-state index contributed by atoms with van der Waals surface area (Å²) >= 11 is 0. The van der Waals surface area contributed by atoms with Crippen LogP contribution in [-0.4, -0.2) is 18.8 Å². The lowest BCUT2D eigenvalue weighted by Crippen LogP contribution is -2.24. The molecule has 0 aliphatic heterocycles. The molecule has 0 amide bonds. The number of nitrogens with zero attached hydrogens (tertiary/aromatic N) is 4. The maximum atomic E-state index is 14.9. The highest BCUT2D eigenvalue weighted by Crippen LogP contribution is 2.45. The van der Waals surface area contributed by atoms with E-state index in [9.17, 15) is 9.13 Å². The molecular formula is C78H52N4O2P2. The molecule has 17 aromatic rings. The normalized spacial score (nSPS) is 12.0. The maximum Gasteiger partial charge on any atom is 0.171 e. The number of hydrogen-bond donors (Lipinski definition) is 0. The van der Waals surface area contributed by atoms with E-state index in [0.717, 1.165) is 120 Å². The molecule has 0 fully saturated rings. The van der Waals surface area contributed by atoms with E-state index < -0.39 is 14.3 Å². The Labute approximate surface area is 496 Å². The van der Waals surface area contributed by atoms with Crippen molar-refractivity contribution in [3.63, 3.8) is 0 Å². The van der Waals surface area contributed by atoms with Crippen molar-refractivity contribution in [1.82, 2.24) is 18.8 Å². The molecule has 0 saturated carbocycles. The Morgan fingerprint density at radius 1 is 0.233 bits per heavy atom. The van der Waals surface area contributed by atoms with E-state index in [-0.39, 0.29) is 0 Å². The minimum Gasteiger partial charge on any atom is -0.309 e. The molecule has 0 atom stereocenters. The number of hydrogen-bond acceptors (Lipinski definition) is 4. The predicted molar refractivity (Wildman–Crippen MR) is 363 cm³/mol. The lowest BCUT2D eigenvalue weighted by atomic mass is 9.97. The molecule has 0 bridgehead atoms. The Hall–Kier alpha value is -10.5. The molecule has 406 valence electrons. The summed E-state index contributed by atoms with van der Waals surface area (Å²) in [5.74, 6) is 0. The summed E-state index contributed by atoms with van der Waals surface area (Å²) in [6.45, 7) is 0. The van der Waals surface area contributed by atoms with E-state index in [1.165, 1.54) is 21.5 Å². The summed E-state index contributed by atoms with van der Waals surface area (Å²) in [5.41, 5.74) is 12.9. The number of rotatable bonds is 8. The third kappa shape index (κ3) is 8.32. The summed E-state index contributed by atoms with van der Waals surface area (Å²) in [6.07, 6.45) is 0. The Bertz CT molecular complexity index is 5510. The summed E-state index contributed by atoms with van der Waals surface area (Å²) in [4.78, 5) is 10.1. The van der Waals surface area contributed by atoms with Gasteiger partial charge in [0.1, 0.15) is 11.3 Å². The molecule has 86 heavy (non-hydrogen) atoms. The molecule has 17 rings (SSSR count). The second kappa shape index (κ2) is 20.7. The first-order chi connectivity index (χ1) is 42.4. The maximum absolute atomic E-state index is 14.9. The fraction of sp³-hybridized carbons (Fsp3) is 0. The third-order valence-electron chi connectivity index (χ3n) is 17.1. The van der Waals surface area contributed by atoms with Gasteiger partial charge in [0.2, 0.25) is 0 Å². The van der Waals surface area contributed by atoms with Crippen LogP contribution in [-0.2, 0) is 9.13 Å². The van der Waals surface area contributed by atoms with Gasteiger partial charge in [0.05, 0.1) is 33.1 Å². The molecular weight excluding hydrogens is 1090 g/mol. The van der Waals surface area contributed by atoms with Crippen molar-refractivity contribution in [3.8, 4) is 22.3 Å². The molecule has 13 aromatic carbocycles. The highest BCUT2D eigenvalue weighted by Gasteiger charge is 2.31. The van der Waals surface area contributed by atoms with Crippen molar-refractivity contribution in [2.45, 2.75) is 0 Å². The van der Waals surface area contributed by atoms with Crippen LogP contribution in [0.15, 0.2) is 315 Å². The van der Waals surface area contributed by atoms with Gasteiger partial charge in [-0.15, -0.1) is 0 Å². The van der Waals surface area contributed by atoms with E-state index in [2.05, 4.69) is 173 Å². The number of pyridine rings is 2. The van der Waals surface area contributed by atoms with Crippen molar-refractivity contribution in [1.29, 1.82) is 0 Å². The quantitative estimate of drug-likeness (QED) is 0.112. The van der Waals surface area contributed by atoms with Crippen LogP contribution in [0.4, 0.5) is 0 Å². The minimum atomic E-state index is -3.04. The number of para-hydroxylation sites is 6. The number of aromatic nitrogens is 4. The minimum absolute atomic E-state index is 0.829. The van der Waals surface area contributed by atoms with Crippen molar-refractivity contribution in [3.05, 3.63) is 315 Å². The molecule has 0 spiro atoms. The zero-order chi connectivity index (χ0) is 57.3. The fourth-order valence-electron chi connectivity index (χ4n) is 12.9. The largest absolute Gasteiger partial charge is 0.309 e. The second-order valence-corrected chi connectivity index (χ2v) is 27.5. The number of benzene rings is 13. The molecule has 4 aromatic heterocycles. The molecule has 8 heteroatoms. The lowest BCUT2D eigenvalue weighted by Gasteiger charge is -2.20. The van der Waals surface area contributed by atoms with Gasteiger partial charge in [-0.25, -0.2) is 9.97 Å². The third-order valence-corrected chi connectivity index (χ3v) is 23.2. The first-order valence-corrected chi connectivity index (χ1v) is 32.3. The Kier molecular flexibility index (Phi) is 12.3. The van der Waals surface area contributed by atoms with Crippen LogP contribution in [0.5, 0.6) is 0 Å². The van der Waals surface area contributed by atoms with Crippen molar-refractivity contribution < 1.29 is 9.13 Å². The number of imidazole rings is 2. The van der Waals surface area contributed by atoms with Gasteiger partial charge in [-0.3, -0.25) is 8.80 Å². The van der Waals surface area contributed by atoms with Gasteiger partial charge >= 0.3 is 0 Å². The Balaban J connectivity index is 0.000000140. The summed E-state index contributed by atoms with van der Waals surface area (Å²) in [7, 11) is -6.05. The molecule has 0 N–H and O–H groups in total. The standard InChI is InChI=1S/C41H27N2OP.C37H25N2OP/c44-45(32-11-3-1-4-12-32,33-13-5-2-6-14-33)34-23-21-29-25-28(19-20-30(29)26-34)31-22-24-36-37(27-31)35-15-7-9-17-39(35)43-40-18-10-8-16-38(40)42-41(36)43;40-41(28-11-3-1-4-12-28,29-13-5-2-6-14-29)30-22-19-26(20-23-30)27-21-24-32-33(25-27)31-15-7-9-17-35(31)39-36-18-10-8-16-34(36)38-37(32)39/h1-27H;1-25H. The topological polar surface area (TPSA) is 68.7 Å². The highest BCUT2D eigenvalue weighted by atomic mass is 31.2. The van der Waals surface area contributed by atoms with Gasteiger partial charge in [0.25, 0.3) is 0 Å². The summed E-state index contributed by atoms with van der Waals surface area (Å²) in [6, 6.07) is 107. The van der Waals surface area contributed by atoms with E-state index in [0.29, 0.717) is 0 Å².